The number of carbonyl (C=O) groups is 3. The minimum Gasteiger partial charge on any atom is -0.495 e. The van der Waals surface area contributed by atoms with Crippen molar-refractivity contribution >= 4 is 40.7 Å². The molecule has 0 bridgehead atoms. The van der Waals surface area contributed by atoms with Crippen LogP contribution in [-0.2, 0) is 9.59 Å². The molecule has 8 nitrogen and oxygen atoms in total. The Morgan fingerprint density at radius 3 is 2.56 bits per heavy atom. The van der Waals surface area contributed by atoms with Crippen molar-refractivity contribution < 1.29 is 23.9 Å². The van der Waals surface area contributed by atoms with E-state index in [0.29, 0.717) is 46.4 Å². The van der Waals surface area contributed by atoms with Crippen molar-refractivity contribution in [1.82, 2.24) is 4.90 Å². The maximum Gasteiger partial charge on any atom is 0.271 e. The maximum absolute atomic E-state index is 13.9. The lowest BCUT2D eigenvalue weighted by Gasteiger charge is -2.49. The fraction of sp³-hybridized carbons (Fsp3) is 0.348. The van der Waals surface area contributed by atoms with Crippen LogP contribution in [0.4, 0.5) is 11.4 Å². The predicted octanol–water partition coefficient (Wildman–Crippen LogP) is 3.68. The van der Waals surface area contributed by atoms with Gasteiger partial charge in [0, 0.05) is 31.5 Å². The molecule has 2 aliphatic heterocycles. The second-order valence-electron chi connectivity index (χ2n) is 7.66. The Balaban J connectivity index is 1.84. The van der Waals surface area contributed by atoms with Gasteiger partial charge in [-0.25, -0.2) is 0 Å². The van der Waals surface area contributed by atoms with E-state index in [1.54, 1.807) is 30.3 Å². The fourth-order valence-corrected chi connectivity index (χ4v) is 4.72. The third-order valence-electron chi connectivity index (χ3n) is 5.91. The quantitative estimate of drug-likeness (QED) is 0.714. The number of hydrogen-bond donors (Lipinski definition) is 1. The largest absolute Gasteiger partial charge is 0.495 e. The molecule has 32 heavy (non-hydrogen) atoms. The third kappa shape index (κ3) is 3.17. The van der Waals surface area contributed by atoms with Crippen molar-refractivity contribution in [3.63, 3.8) is 0 Å². The van der Waals surface area contributed by atoms with E-state index < -0.39 is 11.6 Å². The molecule has 0 saturated carbocycles. The Bertz CT molecular complexity index is 1110. The molecular formula is C23H24ClN3O5. The fourth-order valence-electron chi connectivity index (χ4n) is 4.49. The third-order valence-corrected chi connectivity index (χ3v) is 6.20. The Morgan fingerprint density at radius 2 is 1.88 bits per heavy atom. The monoisotopic (exact) mass is 457 g/mol. The van der Waals surface area contributed by atoms with Gasteiger partial charge in [-0.1, -0.05) is 30.7 Å². The molecule has 4 rings (SSSR count). The van der Waals surface area contributed by atoms with Gasteiger partial charge < -0.3 is 19.7 Å². The number of methoxy groups -OCH3 is 2. The first-order chi connectivity index (χ1) is 15.4. The standard InChI is InChI=1S/C23H24ClN3O5/c1-4-11-26-21(29)14-7-5-6-8-17(14)27-20(28)9-10-23(26,27)22(30)25-16-13-18(31-2)15(24)12-19(16)32-3/h5-8,12-13H,4,9-11H2,1-3H3,(H,25,30). The summed E-state index contributed by atoms with van der Waals surface area (Å²) in [6.45, 7) is 2.25. The number of hydrogen-bond acceptors (Lipinski definition) is 5. The van der Waals surface area contributed by atoms with Gasteiger partial charge in [0.15, 0.2) is 0 Å². The van der Waals surface area contributed by atoms with Crippen LogP contribution in [0, 0.1) is 0 Å². The summed E-state index contributed by atoms with van der Waals surface area (Å²) in [4.78, 5) is 43.3. The number of nitrogens with one attached hydrogen (secondary N) is 1. The van der Waals surface area contributed by atoms with Gasteiger partial charge in [0.25, 0.3) is 11.8 Å². The molecule has 1 N–H and O–H groups in total. The smallest absolute Gasteiger partial charge is 0.271 e. The van der Waals surface area contributed by atoms with Crippen LogP contribution >= 0.6 is 11.6 Å². The van der Waals surface area contributed by atoms with Crippen LogP contribution in [0.25, 0.3) is 0 Å². The summed E-state index contributed by atoms with van der Waals surface area (Å²) in [5, 5.41) is 3.19. The summed E-state index contributed by atoms with van der Waals surface area (Å²) in [6.07, 6.45) is 0.962. The van der Waals surface area contributed by atoms with Crippen LogP contribution in [0.5, 0.6) is 11.5 Å². The van der Waals surface area contributed by atoms with Gasteiger partial charge in [0.2, 0.25) is 11.6 Å². The molecule has 3 amide bonds. The number of rotatable bonds is 6. The molecule has 0 aromatic heterocycles. The van der Waals surface area contributed by atoms with Crippen LogP contribution in [0.2, 0.25) is 5.02 Å². The van der Waals surface area contributed by atoms with Crippen molar-refractivity contribution in [3.8, 4) is 11.5 Å². The lowest BCUT2D eigenvalue weighted by Crippen LogP contribution is -2.69. The summed E-state index contributed by atoms with van der Waals surface area (Å²) < 4.78 is 10.6. The molecule has 1 unspecified atom stereocenters. The van der Waals surface area contributed by atoms with Gasteiger partial charge in [0.1, 0.15) is 11.5 Å². The number of anilines is 2. The number of carbonyl (C=O) groups excluding carboxylic acids is 3. The minimum absolute atomic E-state index is 0.149. The molecule has 2 heterocycles. The topological polar surface area (TPSA) is 88.2 Å². The van der Waals surface area contributed by atoms with Crippen molar-refractivity contribution in [1.29, 1.82) is 0 Å². The van der Waals surface area contributed by atoms with Crippen LogP contribution in [0.15, 0.2) is 36.4 Å². The summed E-state index contributed by atoms with van der Waals surface area (Å²) >= 11 is 6.19. The summed E-state index contributed by atoms with van der Waals surface area (Å²) in [5.74, 6) is -0.288. The Labute approximate surface area is 191 Å². The SMILES string of the molecule is CCCN1C(=O)c2ccccc2N2C(=O)CCC12C(=O)Nc1cc(OC)c(Cl)cc1OC. The first kappa shape index (κ1) is 22.0. The predicted molar refractivity (Wildman–Crippen MR) is 120 cm³/mol. The first-order valence-electron chi connectivity index (χ1n) is 10.4. The molecule has 0 radical (unpaired) electrons. The van der Waals surface area contributed by atoms with Gasteiger partial charge in [-0.15, -0.1) is 0 Å². The molecule has 0 spiro atoms. The van der Waals surface area contributed by atoms with E-state index in [1.165, 1.54) is 30.1 Å². The minimum atomic E-state index is -1.48. The second kappa shape index (κ2) is 8.35. The molecule has 9 heteroatoms. The van der Waals surface area contributed by atoms with Gasteiger partial charge in [-0.2, -0.15) is 0 Å². The number of fused-ring (bicyclic) bond motifs is 3. The molecule has 1 fully saturated rings. The molecule has 2 aromatic carbocycles. The highest BCUT2D eigenvalue weighted by Gasteiger charge is 2.60. The molecule has 2 aromatic rings. The summed E-state index contributed by atoms with van der Waals surface area (Å²) in [5.41, 5.74) is -0.292. The van der Waals surface area contributed by atoms with Crippen molar-refractivity contribution in [2.24, 2.45) is 0 Å². The maximum atomic E-state index is 13.9. The second-order valence-corrected chi connectivity index (χ2v) is 8.07. The van der Waals surface area contributed by atoms with E-state index >= 15 is 0 Å². The van der Waals surface area contributed by atoms with E-state index in [1.807, 2.05) is 6.92 Å². The van der Waals surface area contributed by atoms with Crippen molar-refractivity contribution in [3.05, 3.63) is 47.0 Å². The molecule has 0 aliphatic carbocycles. The summed E-state index contributed by atoms with van der Waals surface area (Å²) in [6, 6.07) is 9.98. The van der Waals surface area contributed by atoms with Gasteiger partial charge in [-0.05, 0) is 18.6 Å². The van der Waals surface area contributed by atoms with Crippen LogP contribution in [-0.4, -0.2) is 49.0 Å². The van der Waals surface area contributed by atoms with Crippen LogP contribution in [0.3, 0.4) is 0 Å². The number of amides is 3. The van der Waals surface area contributed by atoms with E-state index in [0.717, 1.165) is 0 Å². The molecular weight excluding hydrogens is 434 g/mol. The molecule has 1 atom stereocenters. The number of nitrogens with zero attached hydrogens (tertiary/aromatic N) is 2. The molecule has 1 saturated heterocycles. The zero-order valence-electron chi connectivity index (χ0n) is 18.1. The first-order valence-corrected chi connectivity index (χ1v) is 10.7. The van der Waals surface area contributed by atoms with Gasteiger partial charge in [-0.3, -0.25) is 19.3 Å². The van der Waals surface area contributed by atoms with E-state index in [-0.39, 0.29) is 24.7 Å². The van der Waals surface area contributed by atoms with E-state index in [4.69, 9.17) is 21.1 Å². The highest BCUT2D eigenvalue weighted by Crippen LogP contribution is 2.46. The number of ether oxygens (including phenoxy) is 2. The Kier molecular flexibility index (Phi) is 5.73. The lowest BCUT2D eigenvalue weighted by atomic mass is 9.95. The van der Waals surface area contributed by atoms with Crippen LogP contribution < -0.4 is 19.7 Å². The van der Waals surface area contributed by atoms with E-state index in [2.05, 4.69) is 5.32 Å². The molecule has 168 valence electrons. The van der Waals surface area contributed by atoms with Crippen molar-refractivity contribution in [2.45, 2.75) is 31.8 Å². The zero-order chi connectivity index (χ0) is 23.0. The Morgan fingerprint density at radius 1 is 1.16 bits per heavy atom. The Hall–Kier alpha value is -3.26. The highest BCUT2D eigenvalue weighted by molar-refractivity contribution is 6.32. The molecule has 2 aliphatic rings. The van der Waals surface area contributed by atoms with Gasteiger partial charge >= 0.3 is 0 Å². The number of benzene rings is 2. The highest BCUT2D eigenvalue weighted by atomic mass is 35.5. The van der Waals surface area contributed by atoms with E-state index in [9.17, 15) is 14.4 Å². The van der Waals surface area contributed by atoms with Gasteiger partial charge in [0.05, 0.1) is 36.2 Å². The normalized spacial score (nSPS) is 19.5. The number of halogens is 1. The van der Waals surface area contributed by atoms with Crippen molar-refractivity contribution in [2.75, 3.05) is 31.0 Å². The number of para-hydroxylation sites is 1. The summed E-state index contributed by atoms with van der Waals surface area (Å²) in [7, 11) is 2.93. The average Bonchev–Trinajstić information content (AvgIpc) is 3.15. The lowest BCUT2D eigenvalue weighted by molar-refractivity contribution is -0.128. The average molecular weight is 458 g/mol. The zero-order valence-corrected chi connectivity index (χ0v) is 18.9. The van der Waals surface area contributed by atoms with Crippen LogP contribution in [0.1, 0.15) is 36.5 Å².